The third-order valence-corrected chi connectivity index (χ3v) is 3.69. The second-order valence-electron chi connectivity index (χ2n) is 5.04. The van der Waals surface area contributed by atoms with Gasteiger partial charge in [0.1, 0.15) is 4.99 Å². The van der Waals surface area contributed by atoms with Gasteiger partial charge in [0.2, 0.25) is 5.91 Å². The molecule has 0 bridgehead atoms. The van der Waals surface area contributed by atoms with Crippen LogP contribution in [0.5, 0.6) is 0 Å². The van der Waals surface area contributed by atoms with Gasteiger partial charge < -0.3 is 15.8 Å². The first-order valence-electron chi connectivity index (χ1n) is 7.10. The lowest BCUT2D eigenvalue weighted by Gasteiger charge is -2.26. The van der Waals surface area contributed by atoms with E-state index in [0.29, 0.717) is 18.0 Å². The standard InChI is InChI=1S/C15H21N3O2S/c16-15(21)13-3-1-12(2-4-13)11-14(19)17-5-6-18-7-9-20-10-8-18/h1-4H,5-11H2,(H2,16,21)(H,17,19). The average molecular weight is 307 g/mol. The normalized spacial score (nSPS) is 15.6. The molecule has 1 aromatic carbocycles. The van der Waals surface area contributed by atoms with Crippen LogP contribution in [0.4, 0.5) is 0 Å². The fourth-order valence-corrected chi connectivity index (χ4v) is 2.35. The van der Waals surface area contributed by atoms with Crippen LogP contribution in [0.2, 0.25) is 0 Å². The van der Waals surface area contributed by atoms with E-state index in [1.807, 2.05) is 24.3 Å². The minimum Gasteiger partial charge on any atom is -0.389 e. The van der Waals surface area contributed by atoms with Gasteiger partial charge in [0, 0.05) is 31.7 Å². The third kappa shape index (κ3) is 5.41. The van der Waals surface area contributed by atoms with Gasteiger partial charge in [-0.1, -0.05) is 36.5 Å². The molecule has 6 heteroatoms. The van der Waals surface area contributed by atoms with Gasteiger partial charge >= 0.3 is 0 Å². The molecule has 1 saturated heterocycles. The van der Waals surface area contributed by atoms with Crippen molar-refractivity contribution >= 4 is 23.1 Å². The van der Waals surface area contributed by atoms with Crippen LogP contribution in [0.3, 0.4) is 0 Å². The summed E-state index contributed by atoms with van der Waals surface area (Å²) in [7, 11) is 0. The Morgan fingerprint density at radius 1 is 1.29 bits per heavy atom. The highest BCUT2D eigenvalue weighted by atomic mass is 32.1. The average Bonchev–Trinajstić information content (AvgIpc) is 2.49. The Labute approximate surface area is 130 Å². The van der Waals surface area contributed by atoms with Gasteiger partial charge in [-0.2, -0.15) is 0 Å². The molecule has 0 aromatic heterocycles. The van der Waals surface area contributed by atoms with Crippen LogP contribution >= 0.6 is 12.2 Å². The smallest absolute Gasteiger partial charge is 0.224 e. The van der Waals surface area contributed by atoms with Crippen LogP contribution < -0.4 is 11.1 Å². The lowest BCUT2D eigenvalue weighted by Crippen LogP contribution is -2.41. The van der Waals surface area contributed by atoms with Crippen molar-refractivity contribution in [3.63, 3.8) is 0 Å². The Morgan fingerprint density at radius 3 is 2.57 bits per heavy atom. The molecule has 5 nitrogen and oxygen atoms in total. The van der Waals surface area contributed by atoms with Crippen LogP contribution in [0, 0.1) is 0 Å². The number of carbonyl (C=O) groups is 1. The van der Waals surface area contributed by atoms with Gasteiger partial charge in [-0.25, -0.2) is 0 Å². The first kappa shape index (κ1) is 15.9. The number of morpholine rings is 1. The second-order valence-corrected chi connectivity index (χ2v) is 5.48. The fourth-order valence-electron chi connectivity index (χ4n) is 2.21. The molecule has 0 radical (unpaired) electrons. The van der Waals surface area contributed by atoms with Crippen molar-refractivity contribution in [3.8, 4) is 0 Å². The highest BCUT2D eigenvalue weighted by Crippen LogP contribution is 2.05. The molecule has 1 aliphatic rings. The number of nitrogens with two attached hydrogens (primary N) is 1. The molecule has 114 valence electrons. The molecule has 1 heterocycles. The summed E-state index contributed by atoms with van der Waals surface area (Å²) in [4.78, 5) is 14.5. The van der Waals surface area contributed by atoms with Crippen LogP contribution in [0.15, 0.2) is 24.3 Å². The Morgan fingerprint density at radius 2 is 1.95 bits per heavy atom. The number of benzene rings is 1. The van der Waals surface area contributed by atoms with Crippen molar-refractivity contribution in [1.82, 2.24) is 10.2 Å². The molecule has 0 saturated carbocycles. The van der Waals surface area contributed by atoms with E-state index in [1.165, 1.54) is 0 Å². The summed E-state index contributed by atoms with van der Waals surface area (Å²) in [6.07, 6.45) is 0.376. The molecule has 1 aromatic rings. The van der Waals surface area contributed by atoms with E-state index in [1.54, 1.807) is 0 Å². The molecule has 0 atom stereocenters. The Balaban J connectivity index is 1.70. The van der Waals surface area contributed by atoms with Crippen LogP contribution in [-0.2, 0) is 16.0 Å². The number of carbonyl (C=O) groups excluding carboxylic acids is 1. The van der Waals surface area contributed by atoms with E-state index in [0.717, 1.165) is 44.0 Å². The summed E-state index contributed by atoms with van der Waals surface area (Å²) < 4.78 is 5.29. The number of ether oxygens (including phenoxy) is 1. The quantitative estimate of drug-likeness (QED) is 0.741. The minimum atomic E-state index is 0.0336. The zero-order valence-electron chi connectivity index (χ0n) is 12.0. The van der Waals surface area contributed by atoms with Crippen LogP contribution in [-0.4, -0.2) is 55.2 Å². The molecule has 0 unspecified atom stereocenters. The van der Waals surface area contributed by atoms with Gasteiger partial charge in [0.15, 0.2) is 0 Å². The maximum atomic E-state index is 11.9. The molecule has 0 aliphatic carbocycles. The lowest BCUT2D eigenvalue weighted by molar-refractivity contribution is -0.120. The molecule has 1 aliphatic heterocycles. The van der Waals surface area contributed by atoms with Gasteiger partial charge in [-0.3, -0.25) is 9.69 Å². The van der Waals surface area contributed by atoms with E-state index in [-0.39, 0.29) is 5.91 Å². The fraction of sp³-hybridized carbons (Fsp3) is 0.467. The maximum absolute atomic E-state index is 11.9. The Hall–Kier alpha value is -1.50. The first-order valence-corrected chi connectivity index (χ1v) is 7.51. The van der Waals surface area contributed by atoms with E-state index in [4.69, 9.17) is 22.7 Å². The number of amides is 1. The van der Waals surface area contributed by atoms with Gasteiger partial charge in [0.05, 0.1) is 19.6 Å². The van der Waals surface area contributed by atoms with E-state index in [9.17, 15) is 4.79 Å². The Bertz CT molecular complexity index is 484. The van der Waals surface area contributed by atoms with Gasteiger partial charge in [0.25, 0.3) is 0 Å². The van der Waals surface area contributed by atoms with Crippen molar-refractivity contribution in [2.75, 3.05) is 39.4 Å². The molecule has 2 rings (SSSR count). The Kier molecular flexibility index (Phi) is 6.10. The number of thiocarbonyl (C=S) groups is 1. The summed E-state index contributed by atoms with van der Waals surface area (Å²) >= 11 is 4.90. The van der Waals surface area contributed by atoms with Gasteiger partial charge in [-0.15, -0.1) is 0 Å². The van der Waals surface area contributed by atoms with E-state index in [2.05, 4.69) is 10.2 Å². The van der Waals surface area contributed by atoms with Crippen molar-refractivity contribution < 1.29 is 9.53 Å². The zero-order chi connectivity index (χ0) is 15.1. The predicted molar refractivity (Wildman–Crippen MR) is 86.3 cm³/mol. The minimum absolute atomic E-state index is 0.0336. The van der Waals surface area contributed by atoms with Crippen LogP contribution in [0.1, 0.15) is 11.1 Å². The SMILES string of the molecule is NC(=S)c1ccc(CC(=O)NCCN2CCOCC2)cc1. The summed E-state index contributed by atoms with van der Waals surface area (Å²) in [6, 6.07) is 7.46. The van der Waals surface area contributed by atoms with Crippen molar-refractivity contribution in [2.24, 2.45) is 5.73 Å². The zero-order valence-corrected chi connectivity index (χ0v) is 12.8. The maximum Gasteiger partial charge on any atom is 0.224 e. The highest BCUT2D eigenvalue weighted by molar-refractivity contribution is 7.80. The predicted octanol–water partition coefficient (Wildman–Crippen LogP) is 0.312. The van der Waals surface area contributed by atoms with Gasteiger partial charge in [-0.05, 0) is 5.56 Å². The molecule has 3 N–H and O–H groups in total. The molecule has 1 fully saturated rings. The molecule has 21 heavy (non-hydrogen) atoms. The third-order valence-electron chi connectivity index (χ3n) is 3.46. The number of hydrogen-bond acceptors (Lipinski definition) is 4. The van der Waals surface area contributed by atoms with E-state index < -0.39 is 0 Å². The summed E-state index contributed by atoms with van der Waals surface area (Å²) in [5.74, 6) is 0.0336. The van der Waals surface area contributed by atoms with E-state index >= 15 is 0 Å². The second kappa shape index (κ2) is 8.07. The molecule has 1 amide bonds. The number of hydrogen-bond donors (Lipinski definition) is 2. The number of rotatable bonds is 6. The summed E-state index contributed by atoms with van der Waals surface area (Å²) in [6.45, 7) is 4.98. The largest absolute Gasteiger partial charge is 0.389 e. The molecular formula is C15H21N3O2S. The summed E-state index contributed by atoms with van der Waals surface area (Å²) in [5.41, 5.74) is 7.32. The van der Waals surface area contributed by atoms with Crippen molar-refractivity contribution in [3.05, 3.63) is 35.4 Å². The van der Waals surface area contributed by atoms with Crippen molar-refractivity contribution in [2.45, 2.75) is 6.42 Å². The first-order chi connectivity index (χ1) is 10.1. The van der Waals surface area contributed by atoms with Crippen molar-refractivity contribution in [1.29, 1.82) is 0 Å². The summed E-state index contributed by atoms with van der Waals surface area (Å²) in [5, 5.41) is 2.94. The monoisotopic (exact) mass is 307 g/mol. The number of nitrogens with one attached hydrogen (secondary N) is 1. The molecular weight excluding hydrogens is 286 g/mol. The number of nitrogens with zero attached hydrogens (tertiary/aromatic N) is 1. The lowest BCUT2D eigenvalue weighted by atomic mass is 10.1. The topological polar surface area (TPSA) is 67.6 Å². The van der Waals surface area contributed by atoms with Crippen LogP contribution in [0.25, 0.3) is 0 Å². The molecule has 0 spiro atoms. The highest BCUT2D eigenvalue weighted by Gasteiger charge is 2.10.